The Hall–Kier alpha value is -1.81. The van der Waals surface area contributed by atoms with Crippen LogP contribution in [0.3, 0.4) is 0 Å². The van der Waals surface area contributed by atoms with Crippen LogP contribution in [0.25, 0.3) is 0 Å². The van der Waals surface area contributed by atoms with Crippen LogP contribution in [0.2, 0.25) is 0 Å². The van der Waals surface area contributed by atoms with Crippen molar-refractivity contribution < 1.29 is 4.79 Å². The van der Waals surface area contributed by atoms with Crippen LogP contribution in [0.1, 0.15) is 11.1 Å². The van der Waals surface area contributed by atoms with E-state index in [2.05, 4.69) is 32.6 Å². The minimum atomic E-state index is -0.0657. The Morgan fingerprint density at radius 2 is 1.95 bits per heavy atom. The third-order valence-electron chi connectivity index (χ3n) is 2.94. The molecule has 0 aliphatic carbocycles. The Labute approximate surface area is 127 Å². The maximum absolute atomic E-state index is 11.9. The Kier molecular flexibility index (Phi) is 4.79. The van der Waals surface area contributed by atoms with Gasteiger partial charge in [-0.2, -0.15) is 0 Å². The molecule has 3 nitrogen and oxygen atoms in total. The first kappa shape index (κ1) is 14.6. The quantitative estimate of drug-likeness (QED) is 0.884. The summed E-state index contributed by atoms with van der Waals surface area (Å²) in [6.07, 6.45) is 0. The molecular formula is C16H17BrN2O. The van der Waals surface area contributed by atoms with Gasteiger partial charge in [-0.1, -0.05) is 34.1 Å². The summed E-state index contributed by atoms with van der Waals surface area (Å²) in [5.41, 5.74) is 4.08. The number of hydrogen-bond acceptors (Lipinski definition) is 2. The second-order valence-electron chi connectivity index (χ2n) is 4.73. The highest BCUT2D eigenvalue weighted by Crippen LogP contribution is 2.17. The molecule has 0 radical (unpaired) electrons. The normalized spacial score (nSPS) is 10.2. The van der Waals surface area contributed by atoms with Gasteiger partial charge in [-0.25, -0.2) is 0 Å². The maximum atomic E-state index is 11.9. The number of carbonyl (C=O) groups is 1. The zero-order valence-electron chi connectivity index (χ0n) is 11.5. The number of nitrogens with one attached hydrogen (secondary N) is 2. The summed E-state index contributed by atoms with van der Waals surface area (Å²) in [6.45, 7) is 4.30. The summed E-state index contributed by atoms with van der Waals surface area (Å²) in [6, 6.07) is 13.7. The van der Waals surface area contributed by atoms with Crippen LogP contribution in [0.4, 0.5) is 11.4 Å². The summed E-state index contributed by atoms with van der Waals surface area (Å²) >= 11 is 3.38. The van der Waals surface area contributed by atoms with Crippen molar-refractivity contribution in [2.45, 2.75) is 13.8 Å². The minimum absolute atomic E-state index is 0.0657. The molecule has 0 spiro atoms. The fourth-order valence-corrected chi connectivity index (χ4v) is 2.27. The molecule has 4 heteroatoms. The first-order chi connectivity index (χ1) is 9.54. The zero-order valence-corrected chi connectivity index (χ0v) is 13.1. The van der Waals surface area contributed by atoms with Crippen molar-refractivity contribution in [1.29, 1.82) is 0 Å². The SMILES string of the molecule is Cc1ccc(C)c(NCC(=O)Nc2cccc(Br)c2)c1. The summed E-state index contributed by atoms with van der Waals surface area (Å²) in [5.74, 6) is -0.0657. The van der Waals surface area contributed by atoms with Gasteiger partial charge in [0.15, 0.2) is 0 Å². The van der Waals surface area contributed by atoms with Gasteiger partial charge in [0.25, 0.3) is 0 Å². The highest BCUT2D eigenvalue weighted by molar-refractivity contribution is 9.10. The molecule has 0 bridgehead atoms. The highest BCUT2D eigenvalue weighted by Gasteiger charge is 2.04. The largest absolute Gasteiger partial charge is 0.376 e. The Morgan fingerprint density at radius 1 is 1.15 bits per heavy atom. The molecule has 2 N–H and O–H groups in total. The van der Waals surface area contributed by atoms with Crippen LogP contribution >= 0.6 is 15.9 Å². The van der Waals surface area contributed by atoms with Gasteiger partial charge >= 0.3 is 0 Å². The van der Waals surface area contributed by atoms with Gasteiger partial charge in [-0.3, -0.25) is 4.79 Å². The number of hydrogen-bond donors (Lipinski definition) is 2. The van der Waals surface area contributed by atoms with Crippen molar-refractivity contribution in [2.24, 2.45) is 0 Å². The number of carbonyl (C=O) groups excluding carboxylic acids is 1. The van der Waals surface area contributed by atoms with Crippen LogP contribution in [0.15, 0.2) is 46.9 Å². The van der Waals surface area contributed by atoms with Gasteiger partial charge in [0.05, 0.1) is 6.54 Å². The lowest BCUT2D eigenvalue weighted by atomic mass is 10.1. The van der Waals surface area contributed by atoms with E-state index in [0.717, 1.165) is 21.4 Å². The summed E-state index contributed by atoms with van der Waals surface area (Å²) < 4.78 is 0.942. The summed E-state index contributed by atoms with van der Waals surface area (Å²) in [5, 5.41) is 6.02. The van der Waals surface area contributed by atoms with E-state index in [0.29, 0.717) is 0 Å². The van der Waals surface area contributed by atoms with Gasteiger partial charge in [0, 0.05) is 15.8 Å². The second kappa shape index (κ2) is 6.57. The number of rotatable bonds is 4. The van der Waals surface area contributed by atoms with E-state index in [9.17, 15) is 4.79 Å². The lowest BCUT2D eigenvalue weighted by molar-refractivity contribution is -0.114. The fourth-order valence-electron chi connectivity index (χ4n) is 1.87. The average molecular weight is 333 g/mol. The van der Waals surface area contributed by atoms with Gasteiger partial charge in [-0.05, 0) is 49.2 Å². The van der Waals surface area contributed by atoms with Crippen molar-refractivity contribution in [2.75, 3.05) is 17.2 Å². The number of benzene rings is 2. The monoisotopic (exact) mass is 332 g/mol. The molecule has 0 saturated carbocycles. The predicted molar refractivity (Wildman–Crippen MR) is 87.2 cm³/mol. The molecule has 20 heavy (non-hydrogen) atoms. The first-order valence-electron chi connectivity index (χ1n) is 6.41. The molecule has 0 aromatic heterocycles. The molecule has 0 aliphatic rings. The smallest absolute Gasteiger partial charge is 0.243 e. The fraction of sp³-hybridized carbons (Fsp3) is 0.188. The van der Waals surface area contributed by atoms with Crippen LogP contribution in [-0.4, -0.2) is 12.5 Å². The van der Waals surface area contributed by atoms with Crippen molar-refractivity contribution in [3.63, 3.8) is 0 Å². The van der Waals surface area contributed by atoms with Crippen molar-refractivity contribution in [1.82, 2.24) is 0 Å². The van der Waals surface area contributed by atoms with Crippen LogP contribution in [0, 0.1) is 13.8 Å². The van der Waals surface area contributed by atoms with E-state index in [-0.39, 0.29) is 12.5 Å². The molecule has 2 rings (SSSR count). The van der Waals surface area contributed by atoms with E-state index < -0.39 is 0 Å². The number of halogens is 1. The van der Waals surface area contributed by atoms with Crippen molar-refractivity contribution in [3.8, 4) is 0 Å². The first-order valence-corrected chi connectivity index (χ1v) is 7.20. The molecule has 0 fully saturated rings. The maximum Gasteiger partial charge on any atom is 0.243 e. The van der Waals surface area contributed by atoms with Gasteiger partial charge in [-0.15, -0.1) is 0 Å². The molecule has 104 valence electrons. The molecule has 0 aliphatic heterocycles. The van der Waals surface area contributed by atoms with Crippen LogP contribution in [0.5, 0.6) is 0 Å². The van der Waals surface area contributed by atoms with E-state index in [1.807, 2.05) is 50.2 Å². The number of anilines is 2. The molecule has 0 saturated heterocycles. The lowest BCUT2D eigenvalue weighted by Crippen LogP contribution is -2.22. The third-order valence-corrected chi connectivity index (χ3v) is 3.43. The summed E-state index contributed by atoms with van der Waals surface area (Å²) in [4.78, 5) is 11.9. The molecular weight excluding hydrogens is 316 g/mol. The average Bonchev–Trinajstić information content (AvgIpc) is 2.40. The topological polar surface area (TPSA) is 41.1 Å². The van der Waals surface area contributed by atoms with Crippen molar-refractivity contribution in [3.05, 3.63) is 58.1 Å². The molecule has 2 aromatic rings. The number of amides is 1. The van der Waals surface area contributed by atoms with Crippen LogP contribution in [-0.2, 0) is 4.79 Å². The second-order valence-corrected chi connectivity index (χ2v) is 5.65. The summed E-state index contributed by atoms with van der Waals surface area (Å²) in [7, 11) is 0. The van der Waals surface area contributed by atoms with E-state index in [1.165, 1.54) is 5.56 Å². The zero-order chi connectivity index (χ0) is 14.5. The Balaban J connectivity index is 1.94. The van der Waals surface area contributed by atoms with E-state index in [1.54, 1.807) is 0 Å². The van der Waals surface area contributed by atoms with Crippen molar-refractivity contribution >= 4 is 33.2 Å². The predicted octanol–water partition coefficient (Wildman–Crippen LogP) is 4.12. The van der Waals surface area contributed by atoms with E-state index in [4.69, 9.17) is 0 Å². The molecule has 1 amide bonds. The highest BCUT2D eigenvalue weighted by atomic mass is 79.9. The molecule has 0 heterocycles. The Morgan fingerprint density at radius 3 is 2.70 bits per heavy atom. The standard InChI is InChI=1S/C16H17BrN2O/c1-11-6-7-12(2)15(8-11)18-10-16(20)19-14-5-3-4-13(17)9-14/h3-9,18H,10H2,1-2H3,(H,19,20). The van der Waals surface area contributed by atoms with E-state index >= 15 is 0 Å². The molecule has 2 aromatic carbocycles. The van der Waals surface area contributed by atoms with Crippen LogP contribution < -0.4 is 10.6 Å². The third kappa shape index (κ3) is 4.10. The van der Waals surface area contributed by atoms with Gasteiger partial charge in [0.1, 0.15) is 0 Å². The van der Waals surface area contributed by atoms with Gasteiger partial charge < -0.3 is 10.6 Å². The number of aryl methyl sites for hydroxylation is 2. The molecule has 0 atom stereocenters. The minimum Gasteiger partial charge on any atom is -0.376 e. The van der Waals surface area contributed by atoms with Gasteiger partial charge in [0.2, 0.25) is 5.91 Å². The lowest BCUT2D eigenvalue weighted by Gasteiger charge is -2.11. The molecule has 0 unspecified atom stereocenters. The Bertz CT molecular complexity index is 626.